The lowest BCUT2D eigenvalue weighted by molar-refractivity contribution is 0.308. The third-order valence-corrected chi connectivity index (χ3v) is 8.70. The van der Waals surface area contributed by atoms with Crippen molar-refractivity contribution in [2.75, 3.05) is 19.7 Å². The van der Waals surface area contributed by atoms with Crippen molar-refractivity contribution in [2.24, 2.45) is 0 Å². The van der Waals surface area contributed by atoms with Crippen molar-refractivity contribution < 1.29 is 17.6 Å². The van der Waals surface area contributed by atoms with Crippen molar-refractivity contribution in [3.63, 3.8) is 0 Å². The van der Waals surface area contributed by atoms with Crippen molar-refractivity contribution >= 4 is 33.2 Å². The molecule has 1 aromatic heterocycles. The molecule has 1 N–H and O–H groups in total. The van der Waals surface area contributed by atoms with Crippen LogP contribution in [0.15, 0.2) is 74.9 Å². The van der Waals surface area contributed by atoms with Crippen LogP contribution in [0.5, 0.6) is 5.75 Å². The topological polar surface area (TPSA) is 68.5 Å². The second-order valence-corrected chi connectivity index (χ2v) is 11.9. The molecule has 0 fully saturated rings. The van der Waals surface area contributed by atoms with E-state index >= 15 is 0 Å². The predicted molar refractivity (Wildman–Crippen MR) is 157 cm³/mol. The summed E-state index contributed by atoms with van der Waals surface area (Å²) in [5, 5.41) is 4.10. The minimum atomic E-state index is -3.74. The summed E-state index contributed by atoms with van der Waals surface area (Å²) in [5.41, 5.74) is 6.02. The van der Waals surface area contributed by atoms with Gasteiger partial charge >= 0.3 is 0 Å². The van der Waals surface area contributed by atoms with Crippen molar-refractivity contribution in [1.82, 2.24) is 5.32 Å². The van der Waals surface area contributed by atoms with Crippen LogP contribution >= 0.6 is 12.4 Å². The van der Waals surface area contributed by atoms with Crippen LogP contribution in [0.25, 0.3) is 11.0 Å². The van der Waals surface area contributed by atoms with E-state index in [1.165, 1.54) is 22.3 Å². The zero-order valence-electron chi connectivity index (χ0n) is 22.8. The van der Waals surface area contributed by atoms with Crippen LogP contribution in [0.1, 0.15) is 54.2 Å². The highest BCUT2D eigenvalue weighted by Gasteiger charge is 2.29. The predicted octanol–water partition coefficient (Wildman–Crippen LogP) is 7.34. The Balaban J connectivity index is 0.00000400. The highest BCUT2D eigenvalue weighted by molar-refractivity contribution is 7.91. The van der Waals surface area contributed by atoms with Crippen molar-refractivity contribution in [3.8, 4) is 5.75 Å². The summed E-state index contributed by atoms with van der Waals surface area (Å²) in [6.45, 7) is 12.7. The molecule has 0 saturated heterocycles. The average molecular weight is 556 g/mol. The first-order valence-corrected chi connectivity index (χ1v) is 14.4. The summed E-state index contributed by atoms with van der Waals surface area (Å²) < 4.78 is 38.9. The lowest BCUT2D eigenvalue weighted by Crippen LogP contribution is -2.20. The highest BCUT2D eigenvalue weighted by atomic mass is 35.5. The Labute approximate surface area is 232 Å². The van der Waals surface area contributed by atoms with E-state index in [0.717, 1.165) is 25.9 Å². The van der Waals surface area contributed by atoms with Gasteiger partial charge < -0.3 is 14.5 Å². The van der Waals surface area contributed by atoms with Crippen LogP contribution in [0.4, 0.5) is 0 Å². The molecular weight excluding hydrogens is 518 g/mol. The minimum Gasteiger partial charge on any atom is -0.494 e. The number of hydrogen-bond acceptors (Lipinski definition) is 5. The van der Waals surface area contributed by atoms with Gasteiger partial charge in [-0.3, -0.25) is 0 Å². The fraction of sp³-hybridized carbons (Fsp3) is 0.355. The number of hydrogen-bond donors (Lipinski definition) is 1. The third kappa shape index (κ3) is 6.60. The van der Waals surface area contributed by atoms with Crippen LogP contribution in [-0.2, 0) is 16.3 Å². The fourth-order valence-corrected chi connectivity index (χ4v) is 6.28. The maximum Gasteiger partial charge on any atom is 0.210 e. The number of fused-ring (bicyclic) bond motifs is 1. The number of ether oxygens (including phenoxy) is 1. The number of nitrogens with one attached hydrogen (secondary N) is 1. The number of benzene rings is 3. The van der Waals surface area contributed by atoms with Gasteiger partial charge in [-0.05, 0) is 105 Å². The summed E-state index contributed by atoms with van der Waals surface area (Å²) in [6, 6.07) is 18.5. The second-order valence-electron chi connectivity index (χ2n) is 9.98. The molecule has 0 radical (unpaired) electrons. The van der Waals surface area contributed by atoms with E-state index in [1.54, 1.807) is 36.4 Å². The third-order valence-electron chi connectivity index (χ3n) is 6.85. The smallest absolute Gasteiger partial charge is 0.210 e. The molecule has 4 aromatic rings. The maximum atomic E-state index is 13.6. The molecule has 7 heteroatoms. The summed E-state index contributed by atoms with van der Waals surface area (Å²) in [6.07, 6.45) is 1.87. The van der Waals surface area contributed by atoms with E-state index in [2.05, 4.69) is 38.2 Å². The Bertz CT molecular complexity index is 1450. The van der Waals surface area contributed by atoms with E-state index in [4.69, 9.17) is 9.15 Å². The van der Waals surface area contributed by atoms with Gasteiger partial charge in [-0.15, -0.1) is 12.4 Å². The molecule has 0 aliphatic rings. The number of sulfone groups is 1. The molecule has 0 atom stereocenters. The van der Waals surface area contributed by atoms with Gasteiger partial charge in [0.25, 0.3) is 0 Å². The molecular formula is C31H38ClNO4S. The van der Waals surface area contributed by atoms with E-state index < -0.39 is 9.84 Å². The van der Waals surface area contributed by atoms with Crippen LogP contribution in [-0.4, -0.2) is 28.1 Å². The van der Waals surface area contributed by atoms with Gasteiger partial charge in [0, 0.05) is 11.3 Å². The fourth-order valence-electron chi connectivity index (χ4n) is 4.55. The van der Waals surface area contributed by atoms with Gasteiger partial charge in [0.05, 0.1) is 11.5 Å². The summed E-state index contributed by atoms with van der Waals surface area (Å²) in [5.74, 6) is 1.09. The average Bonchev–Trinajstić information content (AvgIpc) is 3.28. The van der Waals surface area contributed by atoms with Gasteiger partial charge in [-0.1, -0.05) is 38.1 Å². The summed E-state index contributed by atoms with van der Waals surface area (Å²) in [4.78, 5) is 0.491. The molecule has 5 nitrogen and oxygen atoms in total. The van der Waals surface area contributed by atoms with Gasteiger partial charge in [-0.25, -0.2) is 8.42 Å². The van der Waals surface area contributed by atoms with Gasteiger partial charge in [-0.2, -0.15) is 0 Å². The molecule has 0 bridgehead atoms. The van der Waals surface area contributed by atoms with Gasteiger partial charge in [0.1, 0.15) is 22.0 Å². The molecule has 0 spiro atoms. The SMILES string of the molecule is Cc1cc(CCNCCCOc2ccc(S(=O)(=O)c3c(C(C)C)oc4ccccc34)cc2)cc(C)c1C.Cl. The summed E-state index contributed by atoms with van der Waals surface area (Å²) in [7, 11) is -3.74. The molecule has 0 unspecified atom stereocenters. The van der Waals surface area contributed by atoms with Crippen LogP contribution < -0.4 is 10.1 Å². The molecule has 0 saturated carbocycles. The number of rotatable bonds is 11. The van der Waals surface area contributed by atoms with Gasteiger partial charge in [0.2, 0.25) is 9.84 Å². The normalized spacial score (nSPS) is 11.6. The first-order chi connectivity index (χ1) is 17.7. The molecule has 38 heavy (non-hydrogen) atoms. The Hall–Kier alpha value is -2.80. The molecule has 1 heterocycles. The monoisotopic (exact) mass is 555 g/mol. The zero-order chi connectivity index (χ0) is 26.6. The Morgan fingerprint density at radius 3 is 2.24 bits per heavy atom. The van der Waals surface area contributed by atoms with Crippen LogP contribution in [0.2, 0.25) is 0 Å². The number of para-hydroxylation sites is 1. The van der Waals surface area contributed by atoms with Crippen LogP contribution in [0.3, 0.4) is 0 Å². The number of halogens is 1. The molecule has 0 amide bonds. The van der Waals surface area contributed by atoms with Crippen LogP contribution in [0, 0.1) is 20.8 Å². The van der Waals surface area contributed by atoms with E-state index in [-0.39, 0.29) is 28.1 Å². The van der Waals surface area contributed by atoms with Crippen molar-refractivity contribution in [3.05, 3.63) is 88.7 Å². The van der Waals surface area contributed by atoms with Crippen molar-refractivity contribution in [1.29, 1.82) is 0 Å². The second kappa shape index (κ2) is 12.8. The standard InChI is InChI=1S/C31H37NO4S.ClH/c1-21(2)30-31(28-9-6-7-10-29(28)36-30)37(33,34)27-13-11-26(12-14-27)35-18-8-16-32-17-15-25-19-22(3)24(5)23(4)20-25;/h6-7,9-14,19-21,32H,8,15-18H2,1-5H3;1H. The molecule has 0 aliphatic carbocycles. The zero-order valence-corrected chi connectivity index (χ0v) is 24.5. The lowest BCUT2D eigenvalue weighted by Gasteiger charge is -2.11. The van der Waals surface area contributed by atoms with Crippen molar-refractivity contribution in [2.45, 2.75) is 63.2 Å². The molecule has 0 aliphatic heterocycles. The van der Waals surface area contributed by atoms with E-state index in [1.807, 2.05) is 26.0 Å². The molecule has 204 valence electrons. The minimum absolute atomic E-state index is 0. The number of furan rings is 1. The first-order valence-electron chi connectivity index (χ1n) is 13.0. The van der Waals surface area contributed by atoms with Gasteiger partial charge in [0.15, 0.2) is 0 Å². The van der Waals surface area contributed by atoms with E-state index in [0.29, 0.717) is 29.1 Å². The van der Waals surface area contributed by atoms with E-state index in [9.17, 15) is 8.42 Å². The lowest BCUT2D eigenvalue weighted by atomic mass is 9.99. The Morgan fingerprint density at radius 1 is 0.921 bits per heavy atom. The first kappa shape index (κ1) is 29.8. The largest absolute Gasteiger partial charge is 0.494 e. The summed E-state index contributed by atoms with van der Waals surface area (Å²) >= 11 is 0. The molecule has 3 aromatic carbocycles. The quantitative estimate of drug-likeness (QED) is 0.196. The maximum absolute atomic E-state index is 13.6. The Kier molecular flexibility index (Phi) is 10.0. The number of aryl methyl sites for hydroxylation is 2. The molecule has 4 rings (SSSR count). The highest BCUT2D eigenvalue weighted by Crippen LogP contribution is 2.37. The Morgan fingerprint density at radius 2 is 1.58 bits per heavy atom.